The van der Waals surface area contributed by atoms with Gasteiger partial charge in [0.15, 0.2) is 17.3 Å². The topological polar surface area (TPSA) is 125 Å². The van der Waals surface area contributed by atoms with Crippen LogP contribution in [0.5, 0.6) is 0 Å². The summed E-state index contributed by atoms with van der Waals surface area (Å²) in [5.41, 5.74) is 1.98. The Balaban J connectivity index is 1.52. The highest BCUT2D eigenvalue weighted by Gasteiger charge is 2.21. The average molecular weight is 400 g/mol. The van der Waals surface area contributed by atoms with E-state index in [1.807, 2.05) is 48.5 Å². The zero-order chi connectivity index (χ0) is 21.1. The fraction of sp³-hybridized carbons (Fsp3) is 0.0909. The smallest absolute Gasteiger partial charge is 0.361 e. The zero-order valence-corrected chi connectivity index (χ0v) is 15.9. The Morgan fingerprint density at radius 2 is 1.90 bits per heavy atom. The minimum absolute atomic E-state index is 0.00361. The second kappa shape index (κ2) is 7.93. The second-order valence-electron chi connectivity index (χ2n) is 6.40. The quantitative estimate of drug-likeness (QED) is 0.292. The summed E-state index contributed by atoms with van der Waals surface area (Å²) in [6, 6.07) is 18.2. The largest absolute Gasteiger partial charge is 0.507 e. The number of H-pyrrole nitrogens is 1. The van der Waals surface area contributed by atoms with E-state index in [9.17, 15) is 15.2 Å². The van der Waals surface area contributed by atoms with E-state index in [4.69, 9.17) is 9.15 Å². The Labute approximate surface area is 171 Å². The number of nitrogens with one attached hydrogen (secondary N) is 1. The summed E-state index contributed by atoms with van der Waals surface area (Å²) >= 11 is 0. The van der Waals surface area contributed by atoms with E-state index in [2.05, 4.69) is 15.0 Å². The first-order chi connectivity index (χ1) is 14.6. The van der Waals surface area contributed by atoms with Gasteiger partial charge in [-0.25, -0.2) is 14.8 Å². The van der Waals surface area contributed by atoms with Crippen LogP contribution in [0.4, 0.5) is 0 Å². The highest BCUT2D eigenvalue weighted by molar-refractivity contribution is 5.89. The number of aromatic amines is 1. The predicted molar refractivity (Wildman–Crippen MR) is 108 cm³/mol. The highest BCUT2D eigenvalue weighted by Crippen LogP contribution is 2.23. The average Bonchev–Trinajstić information content (AvgIpc) is 3.36. The number of allylic oxidation sites excluding steroid dienone is 1. The molecule has 0 saturated heterocycles. The number of rotatable bonds is 5. The molecule has 148 valence electrons. The van der Waals surface area contributed by atoms with Gasteiger partial charge >= 0.3 is 5.97 Å². The number of para-hydroxylation sites is 2. The predicted octanol–water partition coefficient (Wildman–Crippen LogP) is 4.18. The van der Waals surface area contributed by atoms with E-state index in [-0.39, 0.29) is 17.1 Å². The normalized spacial score (nSPS) is 11.7. The number of hydrogen-bond donors (Lipinski definition) is 2. The number of aliphatic hydroxyl groups excluding tert-OH is 1. The summed E-state index contributed by atoms with van der Waals surface area (Å²) in [5.74, 6) is -0.419. The van der Waals surface area contributed by atoms with Gasteiger partial charge in [-0.3, -0.25) is 0 Å². The van der Waals surface area contributed by atoms with E-state index in [1.54, 1.807) is 19.1 Å². The molecule has 2 heterocycles. The van der Waals surface area contributed by atoms with E-state index in [0.29, 0.717) is 17.2 Å². The van der Waals surface area contributed by atoms with Crippen LogP contribution in [0.15, 0.2) is 64.8 Å². The standard InChI is InChI=1S/C22H16N4O4/c1-13-19(26-21(30-13)14-7-3-2-4-8-14)22(28)29-12-18(27)15(11-23)20-24-16-9-5-6-10-17(16)25-20/h2-10,27H,12H2,1H3,(H,24,25)/b18-15-. The van der Waals surface area contributed by atoms with E-state index in [0.717, 1.165) is 11.1 Å². The van der Waals surface area contributed by atoms with Gasteiger partial charge < -0.3 is 19.2 Å². The van der Waals surface area contributed by atoms with Crippen molar-refractivity contribution in [3.8, 4) is 17.5 Å². The van der Waals surface area contributed by atoms with Crippen molar-refractivity contribution in [2.24, 2.45) is 0 Å². The number of esters is 1. The van der Waals surface area contributed by atoms with Crippen LogP contribution >= 0.6 is 0 Å². The summed E-state index contributed by atoms with van der Waals surface area (Å²) in [7, 11) is 0. The summed E-state index contributed by atoms with van der Waals surface area (Å²) in [6.07, 6.45) is 0. The lowest BCUT2D eigenvalue weighted by atomic mass is 10.2. The first-order valence-electron chi connectivity index (χ1n) is 9.04. The number of fused-ring (bicyclic) bond motifs is 1. The maximum Gasteiger partial charge on any atom is 0.361 e. The van der Waals surface area contributed by atoms with Gasteiger partial charge in [0.25, 0.3) is 0 Å². The van der Waals surface area contributed by atoms with Gasteiger partial charge in [0.2, 0.25) is 5.89 Å². The lowest BCUT2D eigenvalue weighted by Gasteiger charge is -2.04. The molecule has 0 aliphatic carbocycles. The molecule has 8 nitrogen and oxygen atoms in total. The zero-order valence-electron chi connectivity index (χ0n) is 15.9. The van der Waals surface area contributed by atoms with Crippen molar-refractivity contribution in [1.82, 2.24) is 15.0 Å². The number of aliphatic hydroxyl groups is 1. The molecule has 0 amide bonds. The fourth-order valence-electron chi connectivity index (χ4n) is 2.89. The number of benzene rings is 2. The van der Waals surface area contributed by atoms with Gasteiger partial charge in [0, 0.05) is 5.56 Å². The second-order valence-corrected chi connectivity index (χ2v) is 6.40. The van der Waals surface area contributed by atoms with Crippen molar-refractivity contribution >= 4 is 22.6 Å². The summed E-state index contributed by atoms with van der Waals surface area (Å²) in [4.78, 5) is 23.8. The van der Waals surface area contributed by atoms with E-state index < -0.39 is 18.3 Å². The van der Waals surface area contributed by atoms with Crippen molar-refractivity contribution in [2.45, 2.75) is 6.92 Å². The molecule has 8 heteroatoms. The Bertz CT molecular complexity index is 1260. The SMILES string of the molecule is Cc1oc(-c2ccccc2)nc1C(=O)OC/C(O)=C(\C#N)c1nc2ccccc2[nH]1. The minimum atomic E-state index is -0.771. The molecule has 4 rings (SSSR count). The lowest BCUT2D eigenvalue weighted by molar-refractivity contribution is 0.0494. The Kier molecular flexibility index (Phi) is 5.01. The molecule has 0 aliphatic heterocycles. The molecule has 0 radical (unpaired) electrons. The lowest BCUT2D eigenvalue weighted by Crippen LogP contribution is -2.10. The van der Waals surface area contributed by atoms with Gasteiger partial charge in [-0.05, 0) is 31.2 Å². The fourth-order valence-corrected chi connectivity index (χ4v) is 2.89. The molecule has 0 saturated carbocycles. The van der Waals surface area contributed by atoms with Gasteiger partial charge in [-0.2, -0.15) is 5.26 Å². The van der Waals surface area contributed by atoms with Crippen LogP contribution in [0.2, 0.25) is 0 Å². The van der Waals surface area contributed by atoms with Gasteiger partial charge in [0.05, 0.1) is 11.0 Å². The van der Waals surface area contributed by atoms with Gasteiger partial charge in [-0.1, -0.05) is 30.3 Å². The van der Waals surface area contributed by atoms with Crippen molar-refractivity contribution < 1.29 is 19.1 Å². The van der Waals surface area contributed by atoms with Crippen LogP contribution in [0.3, 0.4) is 0 Å². The molecule has 2 N–H and O–H groups in total. The first-order valence-corrected chi connectivity index (χ1v) is 9.04. The number of imidazole rings is 1. The molecule has 0 unspecified atom stereocenters. The Morgan fingerprint density at radius 1 is 1.17 bits per heavy atom. The molecule has 4 aromatic rings. The number of ether oxygens (including phenoxy) is 1. The van der Waals surface area contributed by atoms with Gasteiger partial charge in [-0.15, -0.1) is 0 Å². The maximum absolute atomic E-state index is 12.4. The summed E-state index contributed by atoms with van der Waals surface area (Å²) < 4.78 is 10.7. The highest BCUT2D eigenvalue weighted by atomic mass is 16.5. The Morgan fingerprint density at radius 3 is 2.63 bits per heavy atom. The number of nitrogens with zero attached hydrogens (tertiary/aromatic N) is 3. The minimum Gasteiger partial charge on any atom is -0.507 e. The number of hydrogen-bond acceptors (Lipinski definition) is 7. The van der Waals surface area contributed by atoms with Crippen molar-refractivity contribution in [3.05, 3.63) is 77.6 Å². The number of nitriles is 1. The van der Waals surface area contributed by atoms with Crippen LogP contribution < -0.4 is 0 Å². The molecule has 30 heavy (non-hydrogen) atoms. The first kappa shape index (κ1) is 19.0. The van der Waals surface area contributed by atoms with Gasteiger partial charge in [0.1, 0.15) is 24.0 Å². The molecule has 0 bridgehead atoms. The third-order valence-corrected chi connectivity index (χ3v) is 4.38. The molecular formula is C22H16N4O4. The number of oxazole rings is 1. The molecule has 2 aromatic carbocycles. The molecule has 0 fully saturated rings. The molecular weight excluding hydrogens is 384 g/mol. The maximum atomic E-state index is 12.4. The Hall–Kier alpha value is -4.38. The van der Waals surface area contributed by atoms with E-state index >= 15 is 0 Å². The van der Waals surface area contributed by atoms with E-state index in [1.165, 1.54) is 0 Å². The van der Waals surface area contributed by atoms with Crippen molar-refractivity contribution in [2.75, 3.05) is 6.61 Å². The number of aromatic nitrogens is 3. The molecule has 0 aliphatic rings. The van der Waals surface area contributed by atoms with Crippen LogP contribution in [0.1, 0.15) is 22.1 Å². The number of carbonyl (C=O) groups is 1. The number of carbonyl (C=O) groups excluding carboxylic acids is 1. The van der Waals surface area contributed by atoms with Crippen LogP contribution in [-0.4, -0.2) is 32.6 Å². The van der Waals surface area contributed by atoms with Crippen LogP contribution in [-0.2, 0) is 4.74 Å². The van der Waals surface area contributed by atoms with Crippen LogP contribution in [0.25, 0.3) is 28.1 Å². The monoisotopic (exact) mass is 400 g/mol. The number of aryl methyl sites for hydroxylation is 1. The van der Waals surface area contributed by atoms with Crippen molar-refractivity contribution in [1.29, 1.82) is 5.26 Å². The molecule has 2 aromatic heterocycles. The molecule has 0 spiro atoms. The molecule has 0 atom stereocenters. The third-order valence-electron chi connectivity index (χ3n) is 4.38. The summed E-state index contributed by atoms with van der Waals surface area (Å²) in [5, 5.41) is 19.7. The van der Waals surface area contributed by atoms with Crippen molar-refractivity contribution in [3.63, 3.8) is 0 Å². The summed E-state index contributed by atoms with van der Waals surface area (Å²) in [6.45, 7) is 1.09. The third kappa shape index (κ3) is 3.64. The van der Waals surface area contributed by atoms with Crippen LogP contribution in [0, 0.1) is 18.3 Å².